The molecule has 2 rings (SSSR count). The van der Waals surface area contributed by atoms with Crippen molar-refractivity contribution in [1.29, 1.82) is 0 Å². The highest BCUT2D eigenvalue weighted by molar-refractivity contribution is 5.98. The monoisotopic (exact) mass is 209 g/mol. The molecule has 1 heterocycles. The van der Waals surface area contributed by atoms with Crippen molar-refractivity contribution < 1.29 is 14.7 Å². The number of hydrogen-bond acceptors (Lipinski definition) is 3. The number of carboxylic acid groups (broad SMARTS) is 1. The molecule has 6 nitrogen and oxygen atoms in total. The highest BCUT2D eigenvalue weighted by Crippen LogP contribution is 2.35. The molecule has 0 aromatic carbocycles. The van der Waals surface area contributed by atoms with Gasteiger partial charge in [-0.15, -0.1) is 0 Å². The van der Waals surface area contributed by atoms with E-state index in [0.29, 0.717) is 18.4 Å². The molecule has 0 bridgehead atoms. The molecule has 0 atom stereocenters. The fourth-order valence-corrected chi connectivity index (χ4v) is 1.35. The van der Waals surface area contributed by atoms with Crippen LogP contribution in [0.25, 0.3) is 0 Å². The van der Waals surface area contributed by atoms with E-state index in [0.717, 1.165) is 0 Å². The molecular formula is C9H11N3O3. The summed E-state index contributed by atoms with van der Waals surface area (Å²) in [6, 6.07) is 0. The van der Waals surface area contributed by atoms with Gasteiger partial charge in [0.25, 0.3) is 5.91 Å². The molecular weight excluding hydrogens is 198 g/mol. The molecule has 1 aliphatic carbocycles. The summed E-state index contributed by atoms with van der Waals surface area (Å²) < 4.78 is 1.50. The number of aromatic nitrogens is 2. The zero-order valence-electron chi connectivity index (χ0n) is 8.23. The molecule has 1 fully saturated rings. The third-order valence-corrected chi connectivity index (χ3v) is 2.48. The van der Waals surface area contributed by atoms with Crippen molar-refractivity contribution in [2.45, 2.75) is 18.4 Å². The van der Waals surface area contributed by atoms with Crippen LogP contribution in [0.5, 0.6) is 0 Å². The maximum absolute atomic E-state index is 11.6. The van der Waals surface area contributed by atoms with E-state index < -0.39 is 11.5 Å². The van der Waals surface area contributed by atoms with Gasteiger partial charge in [-0.2, -0.15) is 5.10 Å². The minimum Gasteiger partial charge on any atom is -0.480 e. The Balaban J connectivity index is 2.08. The van der Waals surface area contributed by atoms with Crippen molar-refractivity contribution in [3.05, 3.63) is 18.0 Å². The summed E-state index contributed by atoms with van der Waals surface area (Å²) in [6.45, 7) is 0. The van der Waals surface area contributed by atoms with Gasteiger partial charge in [0, 0.05) is 13.2 Å². The van der Waals surface area contributed by atoms with E-state index >= 15 is 0 Å². The van der Waals surface area contributed by atoms with Gasteiger partial charge in [0.2, 0.25) is 0 Å². The van der Waals surface area contributed by atoms with Crippen molar-refractivity contribution in [1.82, 2.24) is 15.1 Å². The molecule has 0 aliphatic heterocycles. The lowest BCUT2D eigenvalue weighted by molar-refractivity contribution is -0.140. The zero-order chi connectivity index (χ0) is 11.1. The smallest absolute Gasteiger partial charge is 0.329 e. The number of nitrogens with zero attached hydrogens (tertiary/aromatic N) is 2. The Hall–Kier alpha value is -1.85. The van der Waals surface area contributed by atoms with Crippen molar-refractivity contribution in [3.63, 3.8) is 0 Å². The van der Waals surface area contributed by atoms with Crippen LogP contribution in [0.4, 0.5) is 0 Å². The molecule has 6 heteroatoms. The lowest BCUT2D eigenvalue weighted by Crippen LogP contribution is -2.42. The normalized spacial score (nSPS) is 17.1. The fraction of sp³-hybridized carbons (Fsp3) is 0.444. The van der Waals surface area contributed by atoms with Crippen LogP contribution in [0.3, 0.4) is 0 Å². The van der Waals surface area contributed by atoms with Crippen LogP contribution in [0.2, 0.25) is 0 Å². The predicted molar refractivity (Wildman–Crippen MR) is 50.3 cm³/mol. The second-order valence-electron chi connectivity index (χ2n) is 3.74. The minimum atomic E-state index is -1.03. The second-order valence-corrected chi connectivity index (χ2v) is 3.74. The molecule has 0 spiro atoms. The average molecular weight is 209 g/mol. The Morgan fingerprint density at radius 1 is 1.60 bits per heavy atom. The maximum Gasteiger partial charge on any atom is 0.329 e. The third kappa shape index (κ3) is 1.70. The molecule has 15 heavy (non-hydrogen) atoms. The van der Waals surface area contributed by atoms with Crippen molar-refractivity contribution in [2.75, 3.05) is 0 Å². The molecule has 1 aliphatic rings. The number of carboxylic acids is 1. The first kappa shape index (κ1) is 9.70. The Labute approximate surface area is 85.9 Å². The number of aryl methyl sites for hydroxylation is 1. The molecule has 1 aromatic rings. The van der Waals surface area contributed by atoms with Gasteiger partial charge in [0.1, 0.15) is 5.54 Å². The molecule has 0 saturated heterocycles. The largest absolute Gasteiger partial charge is 0.480 e. The first-order chi connectivity index (χ1) is 7.03. The van der Waals surface area contributed by atoms with E-state index in [1.54, 1.807) is 13.2 Å². The van der Waals surface area contributed by atoms with Gasteiger partial charge < -0.3 is 10.4 Å². The summed E-state index contributed by atoms with van der Waals surface area (Å²) in [4.78, 5) is 22.4. The predicted octanol–water partition coefficient (Wildman–Crippen LogP) is -0.233. The van der Waals surface area contributed by atoms with Crippen LogP contribution < -0.4 is 5.32 Å². The van der Waals surface area contributed by atoms with Crippen LogP contribution in [0.1, 0.15) is 23.2 Å². The number of aliphatic carboxylic acids is 1. The summed E-state index contributed by atoms with van der Waals surface area (Å²) in [6.07, 6.45) is 3.95. The molecule has 80 valence electrons. The van der Waals surface area contributed by atoms with E-state index in [-0.39, 0.29) is 5.91 Å². The van der Waals surface area contributed by atoms with Crippen LogP contribution in [0, 0.1) is 0 Å². The lowest BCUT2D eigenvalue weighted by atomic mass is 10.2. The lowest BCUT2D eigenvalue weighted by Gasteiger charge is -2.10. The number of nitrogens with one attached hydrogen (secondary N) is 1. The van der Waals surface area contributed by atoms with E-state index in [9.17, 15) is 9.59 Å². The SMILES string of the molecule is Cn1cc(C(=O)NC2(C(=O)O)CC2)cn1. The van der Waals surface area contributed by atoms with Crippen LogP contribution >= 0.6 is 0 Å². The number of amides is 1. The Bertz CT molecular complexity index is 420. The number of rotatable bonds is 3. The molecule has 0 unspecified atom stereocenters. The van der Waals surface area contributed by atoms with Crippen LogP contribution in [0.15, 0.2) is 12.4 Å². The quantitative estimate of drug-likeness (QED) is 0.720. The summed E-state index contributed by atoms with van der Waals surface area (Å²) in [7, 11) is 1.70. The van der Waals surface area contributed by atoms with Crippen molar-refractivity contribution in [3.8, 4) is 0 Å². The Kier molecular flexibility index (Phi) is 1.99. The molecule has 0 radical (unpaired) electrons. The van der Waals surface area contributed by atoms with Crippen LogP contribution in [-0.4, -0.2) is 32.3 Å². The van der Waals surface area contributed by atoms with Gasteiger partial charge in [-0.05, 0) is 12.8 Å². The summed E-state index contributed by atoms with van der Waals surface area (Å²) in [5.74, 6) is -1.36. The zero-order valence-corrected chi connectivity index (χ0v) is 8.23. The first-order valence-corrected chi connectivity index (χ1v) is 4.58. The van der Waals surface area contributed by atoms with Gasteiger partial charge >= 0.3 is 5.97 Å². The maximum atomic E-state index is 11.6. The second kappa shape index (κ2) is 3.08. The van der Waals surface area contributed by atoms with Crippen LogP contribution in [-0.2, 0) is 11.8 Å². The van der Waals surface area contributed by atoms with Gasteiger partial charge in [-0.1, -0.05) is 0 Å². The fourth-order valence-electron chi connectivity index (χ4n) is 1.35. The van der Waals surface area contributed by atoms with E-state index in [1.165, 1.54) is 10.9 Å². The number of hydrogen-bond donors (Lipinski definition) is 2. The number of carbonyl (C=O) groups is 2. The molecule has 1 amide bonds. The highest BCUT2D eigenvalue weighted by atomic mass is 16.4. The molecule has 1 saturated carbocycles. The van der Waals surface area contributed by atoms with Gasteiger partial charge in [0.15, 0.2) is 0 Å². The Morgan fingerprint density at radius 2 is 2.27 bits per heavy atom. The van der Waals surface area contributed by atoms with Gasteiger partial charge in [0.05, 0.1) is 11.8 Å². The first-order valence-electron chi connectivity index (χ1n) is 4.58. The standard InChI is InChI=1S/C9H11N3O3/c1-12-5-6(4-10-12)7(13)11-9(2-3-9)8(14)15/h4-5H,2-3H2,1H3,(H,11,13)(H,14,15). The number of carbonyl (C=O) groups excluding carboxylic acids is 1. The third-order valence-electron chi connectivity index (χ3n) is 2.48. The molecule has 2 N–H and O–H groups in total. The van der Waals surface area contributed by atoms with E-state index in [4.69, 9.17) is 5.11 Å². The van der Waals surface area contributed by atoms with E-state index in [1.807, 2.05) is 0 Å². The summed E-state index contributed by atoms with van der Waals surface area (Å²) in [5, 5.41) is 15.2. The van der Waals surface area contributed by atoms with Gasteiger partial charge in [-0.25, -0.2) is 4.79 Å². The average Bonchev–Trinajstić information content (AvgIpc) is 2.82. The van der Waals surface area contributed by atoms with E-state index in [2.05, 4.69) is 10.4 Å². The van der Waals surface area contributed by atoms with Crippen molar-refractivity contribution >= 4 is 11.9 Å². The highest BCUT2D eigenvalue weighted by Gasteiger charge is 2.51. The molecule has 1 aromatic heterocycles. The summed E-state index contributed by atoms with van der Waals surface area (Å²) in [5.41, 5.74) is -0.655. The van der Waals surface area contributed by atoms with Crippen molar-refractivity contribution in [2.24, 2.45) is 7.05 Å². The minimum absolute atomic E-state index is 0.380. The topological polar surface area (TPSA) is 84.2 Å². The van der Waals surface area contributed by atoms with Gasteiger partial charge in [-0.3, -0.25) is 9.48 Å². The summed E-state index contributed by atoms with van der Waals surface area (Å²) >= 11 is 0. The Morgan fingerprint density at radius 3 is 2.67 bits per heavy atom.